The van der Waals surface area contributed by atoms with E-state index in [1.165, 1.54) is 66.4 Å². The van der Waals surface area contributed by atoms with Gasteiger partial charge in [0, 0.05) is 17.1 Å². The Morgan fingerprint density at radius 3 is 1.40 bits per heavy atom. The molecule has 0 fully saturated rings. The number of para-hydroxylation sites is 1. The van der Waals surface area contributed by atoms with Crippen molar-refractivity contribution in [3.63, 3.8) is 0 Å². The number of rotatable bonds is 8. The molecule has 0 aliphatic rings. The van der Waals surface area contributed by atoms with Gasteiger partial charge in [0.1, 0.15) is 0 Å². The average Bonchev–Trinajstić information content (AvgIpc) is 3.25. The Bertz CT molecular complexity index is 2640. The Kier molecular flexibility index (Phi) is 8.66. The van der Waals surface area contributed by atoms with Crippen molar-refractivity contribution in [1.82, 2.24) is 0 Å². The molecule has 9 rings (SSSR count). The molecule has 0 atom stereocenters. The summed E-state index contributed by atoms with van der Waals surface area (Å²) in [7, 11) is 0. The third-order valence-electron chi connectivity index (χ3n) is 10.1. The molecule has 0 heterocycles. The predicted octanol–water partition coefficient (Wildman–Crippen LogP) is 14.6. The van der Waals surface area contributed by atoms with Crippen LogP contribution in [0.2, 0.25) is 0 Å². The first-order chi connectivity index (χ1) is 26.3. The maximum absolute atomic E-state index is 2.35. The minimum Gasteiger partial charge on any atom is -0.310 e. The second-order valence-corrected chi connectivity index (χ2v) is 13.3. The molecule has 53 heavy (non-hydrogen) atoms. The molecule has 9 aromatic rings. The first-order valence-corrected chi connectivity index (χ1v) is 18.2. The largest absolute Gasteiger partial charge is 0.310 e. The van der Waals surface area contributed by atoms with Gasteiger partial charge in [-0.15, -0.1) is 0 Å². The SMILES string of the molecule is c1ccc(-c2ccccc2-c2c(-c3ccccc3)cccc2-c2ccc(N(c3ccccc3)c3cccc(-c4cccc5ccccc45)c3)cc2)cc1. The van der Waals surface area contributed by atoms with Crippen molar-refractivity contribution in [2.45, 2.75) is 0 Å². The molecule has 0 N–H and O–H groups in total. The van der Waals surface area contributed by atoms with Crippen molar-refractivity contribution < 1.29 is 0 Å². The zero-order chi connectivity index (χ0) is 35.4. The number of hydrogen-bond donors (Lipinski definition) is 0. The predicted molar refractivity (Wildman–Crippen MR) is 226 cm³/mol. The third-order valence-corrected chi connectivity index (χ3v) is 10.1. The summed E-state index contributed by atoms with van der Waals surface area (Å²) < 4.78 is 0. The summed E-state index contributed by atoms with van der Waals surface area (Å²) in [5, 5.41) is 2.50. The highest BCUT2D eigenvalue weighted by Crippen LogP contribution is 2.45. The van der Waals surface area contributed by atoms with Gasteiger partial charge in [-0.3, -0.25) is 0 Å². The molecule has 0 aliphatic carbocycles. The summed E-state index contributed by atoms with van der Waals surface area (Å²) in [6, 6.07) is 80.8. The van der Waals surface area contributed by atoms with E-state index in [1.807, 2.05) is 0 Å². The van der Waals surface area contributed by atoms with Crippen molar-refractivity contribution in [1.29, 1.82) is 0 Å². The Morgan fingerprint density at radius 1 is 0.245 bits per heavy atom. The molecule has 9 aromatic carbocycles. The maximum atomic E-state index is 2.35. The minimum atomic E-state index is 1.10. The van der Waals surface area contributed by atoms with Gasteiger partial charge in [-0.1, -0.05) is 188 Å². The lowest BCUT2D eigenvalue weighted by atomic mass is 9.84. The number of nitrogens with zero attached hydrogens (tertiary/aromatic N) is 1. The van der Waals surface area contributed by atoms with Crippen molar-refractivity contribution in [2.24, 2.45) is 0 Å². The molecule has 1 heteroatoms. The van der Waals surface area contributed by atoms with E-state index in [-0.39, 0.29) is 0 Å². The van der Waals surface area contributed by atoms with E-state index in [1.54, 1.807) is 0 Å². The Morgan fingerprint density at radius 2 is 0.679 bits per heavy atom. The Balaban J connectivity index is 1.18. The normalized spacial score (nSPS) is 11.0. The van der Waals surface area contributed by atoms with Gasteiger partial charge in [-0.25, -0.2) is 0 Å². The van der Waals surface area contributed by atoms with E-state index < -0.39 is 0 Å². The number of anilines is 3. The molecule has 0 bridgehead atoms. The summed E-state index contributed by atoms with van der Waals surface area (Å²) in [6.45, 7) is 0. The fraction of sp³-hybridized carbons (Fsp3) is 0. The molecule has 250 valence electrons. The van der Waals surface area contributed by atoms with Crippen LogP contribution < -0.4 is 4.90 Å². The summed E-state index contributed by atoms with van der Waals surface area (Å²) >= 11 is 0. The van der Waals surface area contributed by atoms with Crippen LogP contribution in [-0.4, -0.2) is 0 Å². The van der Waals surface area contributed by atoms with E-state index in [9.17, 15) is 0 Å². The molecule has 0 unspecified atom stereocenters. The van der Waals surface area contributed by atoms with Gasteiger partial charge in [0.2, 0.25) is 0 Å². The van der Waals surface area contributed by atoms with Crippen LogP contribution in [0.25, 0.3) is 66.4 Å². The number of fused-ring (bicyclic) bond motifs is 1. The molecule has 0 aliphatic heterocycles. The molecule has 1 nitrogen and oxygen atoms in total. The van der Waals surface area contributed by atoms with Gasteiger partial charge in [0.15, 0.2) is 0 Å². The Labute approximate surface area is 311 Å². The summed E-state index contributed by atoms with van der Waals surface area (Å²) in [5.41, 5.74) is 15.4. The van der Waals surface area contributed by atoms with Gasteiger partial charge < -0.3 is 4.90 Å². The first-order valence-electron chi connectivity index (χ1n) is 18.2. The van der Waals surface area contributed by atoms with Gasteiger partial charge in [0.25, 0.3) is 0 Å². The van der Waals surface area contributed by atoms with Crippen LogP contribution in [0.1, 0.15) is 0 Å². The highest BCUT2D eigenvalue weighted by molar-refractivity contribution is 6.00. The highest BCUT2D eigenvalue weighted by atomic mass is 15.1. The summed E-state index contributed by atoms with van der Waals surface area (Å²) in [5.74, 6) is 0. The van der Waals surface area contributed by atoms with Crippen LogP contribution in [0.3, 0.4) is 0 Å². The van der Waals surface area contributed by atoms with Gasteiger partial charge in [-0.05, 0) is 103 Å². The van der Waals surface area contributed by atoms with E-state index in [4.69, 9.17) is 0 Å². The van der Waals surface area contributed by atoms with Crippen LogP contribution in [0, 0.1) is 0 Å². The molecule has 0 spiro atoms. The molecule has 0 amide bonds. The lowest BCUT2D eigenvalue weighted by Gasteiger charge is -2.26. The molecule has 0 saturated heterocycles. The lowest BCUT2D eigenvalue weighted by Crippen LogP contribution is -2.09. The van der Waals surface area contributed by atoms with Crippen LogP contribution in [-0.2, 0) is 0 Å². The fourth-order valence-corrected chi connectivity index (χ4v) is 7.62. The quantitative estimate of drug-likeness (QED) is 0.155. The highest BCUT2D eigenvalue weighted by Gasteiger charge is 2.19. The molecular formula is C52H37N. The van der Waals surface area contributed by atoms with Gasteiger partial charge in [0.05, 0.1) is 0 Å². The van der Waals surface area contributed by atoms with E-state index in [0.29, 0.717) is 0 Å². The number of benzene rings is 9. The van der Waals surface area contributed by atoms with Crippen molar-refractivity contribution in [3.05, 3.63) is 224 Å². The Hall–Kier alpha value is -6.96. The standard InChI is InChI=1S/C52H37N/c1-4-17-38(18-5-1)47-28-12-13-29-51(47)52-49(40-19-6-2-7-20-40)31-16-32-50(52)41-33-35-44(36-34-41)53(43-24-8-3-9-25-43)45-26-14-23-42(37-45)48-30-15-22-39-21-10-11-27-46(39)48/h1-37H. The third kappa shape index (κ3) is 6.30. The van der Waals surface area contributed by atoms with Crippen LogP contribution in [0.15, 0.2) is 224 Å². The second kappa shape index (κ2) is 14.3. The molecule has 0 saturated carbocycles. The smallest absolute Gasteiger partial charge is 0.0467 e. The first kappa shape index (κ1) is 32.0. The minimum absolute atomic E-state index is 1.10. The summed E-state index contributed by atoms with van der Waals surface area (Å²) in [6.07, 6.45) is 0. The van der Waals surface area contributed by atoms with E-state index in [0.717, 1.165) is 17.1 Å². The molecule has 0 radical (unpaired) electrons. The fourth-order valence-electron chi connectivity index (χ4n) is 7.62. The monoisotopic (exact) mass is 675 g/mol. The lowest BCUT2D eigenvalue weighted by molar-refractivity contribution is 1.28. The van der Waals surface area contributed by atoms with Crippen molar-refractivity contribution in [2.75, 3.05) is 4.90 Å². The van der Waals surface area contributed by atoms with Gasteiger partial charge in [-0.2, -0.15) is 0 Å². The zero-order valence-electron chi connectivity index (χ0n) is 29.3. The summed E-state index contributed by atoms with van der Waals surface area (Å²) in [4.78, 5) is 2.35. The van der Waals surface area contributed by atoms with Gasteiger partial charge >= 0.3 is 0 Å². The van der Waals surface area contributed by atoms with Crippen molar-refractivity contribution >= 4 is 27.8 Å². The maximum Gasteiger partial charge on any atom is 0.0467 e. The number of hydrogen-bond acceptors (Lipinski definition) is 1. The van der Waals surface area contributed by atoms with E-state index >= 15 is 0 Å². The second-order valence-electron chi connectivity index (χ2n) is 13.3. The molecule has 0 aromatic heterocycles. The molecular weight excluding hydrogens is 639 g/mol. The average molecular weight is 676 g/mol. The van der Waals surface area contributed by atoms with Crippen molar-refractivity contribution in [3.8, 4) is 55.6 Å². The topological polar surface area (TPSA) is 3.24 Å². The van der Waals surface area contributed by atoms with Crippen LogP contribution >= 0.6 is 0 Å². The zero-order valence-corrected chi connectivity index (χ0v) is 29.3. The van der Waals surface area contributed by atoms with E-state index in [2.05, 4.69) is 229 Å². The van der Waals surface area contributed by atoms with Crippen LogP contribution in [0.4, 0.5) is 17.1 Å². The van der Waals surface area contributed by atoms with Crippen LogP contribution in [0.5, 0.6) is 0 Å².